The lowest BCUT2D eigenvalue weighted by Crippen LogP contribution is -2.34. The van der Waals surface area contributed by atoms with Gasteiger partial charge in [0.25, 0.3) is 5.56 Å². The quantitative estimate of drug-likeness (QED) is 0.254. The molecule has 1 aliphatic rings. The Labute approximate surface area is 192 Å². The summed E-state index contributed by atoms with van der Waals surface area (Å²) in [4.78, 5) is 31.7. The van der Waals surface area contributed by atoms with Crippen molar-refractivity contribution in [3.8, 4) is 5.75 Å². The summed E-state index contributed by atoms with van der Waals surface area (Å²) in [5.41, 5.74) is 1.97. The summed E-state index contributed by atoms with van der Waals surface area (Å²) in [5, 5.41) is 4.08. The minimum Gasteiger partial charge on any atom is -0.497 e. The first-order chi connectivity index (χ1) is 15.6. The SMILES string of the molecule is COc1ccc2[nH]c3c(=O)n(CCCCCC(=O)NC4CCCCCC4)c(=S)[nH]c3c2c1. The van der Waals surface area contributed by atoms with Crippen molar-refractivity contribution in [2.45, 2.75) is 76.8 Å². The van der Waals surface area contributed by atoms with E-state index in [1.54, 1.807) is 11.7 Å². The Bertz CT molecular complexity index is 1200. The number of aromatic amines is 2. The zero-order valence-corrected chi connectivity index (χ0v) is 19.5. The zero-order chi connectivity index (χ0) is 22.5. The third kappa shape index (κ3) is 5.06. The molecule has 0 radical (unpaired) electrons. The van der Waals surface area contributed by atoms with E-state index in [2.05, 4.69) is 15.3 Å². The zero-order valence-electron chi connectivity index (χ0n) is 18.7. The van der Waals surface area contributed by atoms with Crippen LogP contribution in [0.3, 0.4) is 0 Å². The van der Waals surface area contributed by atoms with E-state index in [9.17, 15) is 9.59 Å². The van der Waals surface area contributed by atoms with Crippen LogP contribution in [0.2, 0.25) is 0 Å². The third-order valence-electron chi connectivity index (χ3n) is 6.45. The van der Waals surface area contributed by atoms with Gasteiger partial charge < -0.3 is 20.0 Å². The highest BCUT2D eigenvalue weighted by Gasteiger charge is 2.15. The van der Waals surface area contributed by atoms with E-state index in [1.165, 1.54) is 25.7 Å². The third-order valence-corrected chi connectivity index (χ3v) is 6.77. The van der Waals surface area contributed by atoms with E-state index in [0.717, 1.165) is 48.8 Å². The van der Waals surface area contributed by atoms with Crippen LogP contribution in [-0.4, -0.2) is 33.6 Å². The highest BCUT2D eigenvalue weighted by atomic mass is 32.1. The standard InChI is InChI=1S/C24H32N4O3S/c1-31-17-12-13-19-18(15-17)21-22(26-19)23(30)28(24(32)27-21)14-8-4-7-11-20(29)25-16-9-5-2-3-6-10-16/h12-13,15-16,26H,2-11,14H2,1H3,(H,25,29)(H,27,32). The Morgan fingerprint density at radius 3 is 2.66 bits per heavy atom. The number of fused-ring (bicyclic) bond motifs is 3. The molecule has 7 nitrogen and oxygen atoms in total. The van der Waals surface area contributed by atoms with Gasteiger partial charge in [0.15, 0.2) is 4.77 Å². The maximum atomic E-state index is 13.0. The van der Waals surface area contributed by atoms with Gasteiger partial charge in [-0.05, 0) is 56.1 Å². The number of unbranched alkanes of at least 4 members (excludes halogenated alkanes) is 2. The van der Waals surface area contributed by atoms with Crippen LogP contribution in [-0.2, 0) is 11.3 Å². The number of hydrogen-bond donors (Lipinski definition) is 3. The Kier molecular flexibility index (Phi) is 7.29. The number of benzene rings is 1. The molecule has 8 heteroatoms. The molecule has 0 unspecified atom stereocenters. The fourth-order valence-electron chi connectivity index (χ4n) is 4.65. The summed E-state index contributed by atoms with van der Waals surface area (Å²) >= 11 is 5.48. The number of aromatic nitrogens is 3. The molecular weight excluding hydrogens is 424 g/mol. The normalized spacial score (nSPS) is 15.2. The number of methoxy groups -OCH3 is 1. The van der Waals surface area contributed by atoms with Crippen LogP contribution < -0.4 is 15.6 Å². The van der Waals surface area contributed by atoms with E-state index in [0.29, 0.717) is 34.8 Å². The molecule has 0 aliphatic heterocycles. The topological polar surface area (TPSA) is 91.9 Å². The number of amides is 1. The second-order valence-corrected chi connectivity index (χ2v) is 9.13. The molecule has 1 saturated carbocycles. The van der Waals surface area contributed by atoms with Gasteiger partial charge >= 0.3 is 0 Å². The van der Waals surface area contributed by atoms with Crippen LogP contribution in [0.25, 0.3) is 21.9 Å². The van der Waals surface area contributed by atoms with Crippen LogP contribution in [0.5, 0.6) is 5.75 Å². The Morgan fingerprint density at radius 1 is 1.12 bits per heavy atom. The predicted molar refractivity (Wildman–Crippen MR) is 130 cm³/mol. The van der Waals surface area contributed by atoms with Crippen LogP contribution >= 0.6 is 12.2 Å². The molecule has 0 bridgehead atoms. The van der Waals surface area contributed by atoms with Gasteiger partial charge in [-0.25, -0.2) is 0 Å². The lowest BCUT2D eigenvalue weighted by Gasteiger charge is -2.16. The smallest absolute Gasteiger partial charge is 0.278 e. The second-order valence-electron chi connectivity index (χ2n) is 8.74. The second kappa shape index (κ2) is 10.3. The molecule has 4 rings (SSSR count). The van der Waals surface area contributed by atoms with Crippen molar-refractivity contribution in [1.29, 1.82) is 0 Å². The Morgan fingerprint density at radius 2 is 1.91 bits per heavy atom. The summed E-state index contributed by atoms with van der Waals surface area (Å²) in [6.45, 7) is 0.535. The van der Waals surface area contributed by atoms with Gasteiger partial charge in [-0.2, -0.15) is 0 Å². The molecule has 1 amide bonds. The van der Waals surface area contributed by atoms with Crippen LogP contribution in [0.4, 0.5) is 0 Å². The largest absolute Gasteiger partial charge is 0.497 e. The number of rotatable bonds is 8. The van der Waals surface area contributed by atoms with E-state index in [-0.39, 0.29) is 11.5 Å². The van der Waals surface area contributed by atoms with Gasteiger partial charge in [-0.1, -0.05) is 32.1 Å². The fraction of sp³-hybridized carbons (Fsp3) is 0.542. The predicted octanol–water partition coefficient (Wildman–Crippen LogP) is 4.95. The molecule has 2 heterocycles. The van der Waals surface area contributed by atoms with Crippen molar-refractivity contribution in [1.82, 2.24) is 19.9 Å². The van der Waals surface area contributed by atoms with Gasteiger partial charge in [0.05, 0.1) is 12.6 Å². The van der Waals surface area contributed by atoms with Crippen molar-refractivity contribution in [2.24, 2.45) is 0 Å². The molecular formula is C24H32N4O3S. The first kappa shape index (κ1) is 22.6. The molecule has 3 N–H and O–H groups in total. The monoisotopic (exact) mass is 456 g/mol. The molecule has 1 fully saturated rings. The average molecular weight is 457 g/mol. The van der Waals surface area contributed by atoms with Crippen molar-refractivity contribution in [2.75, 3.05) is 7.11 Å². The molecule has 2 aromatic heterocycles. The van der Waals surface area contributed by atoms with Crippen molar-refractivity contribution >= 4 is 40.1 Å². The van der Waals surface area contributed by atoms with Crippen LogP contribution in [0.15, 0.2) is 23.0 Å². The maximum absolute atomic E-state index is 13.0. The van der Waals surface area contributed by atoms with Gasteiger partial charge in [0.2, 0.25) is 5.91 Å². The van der Waals surface area contributed by atoms with Crippen molar-refractivity contribution in [3.63, 3.8) is 0 Å². The Hall–Kier alpha value is -2.61. The minimum atomic E-state index is -0.120. The van der Waals surface area contributed by atoms with E-state index < -0.39 is 0 Å². The fourth-order valence-corrected chi connectivity index (χ4v) is 4.92. The van der Waals surface area contributed by atoms with Crippen LogP contribution in [0.1, 0.15) is 64.2 Å². The number of nitrogens with zero attached hydrogens (tertiary/aromatic N) is 1. The first-order valence-electron chi connectivity index (χ1n) is 11.7. The van der Waals surface area contributed by atoms with Crippen LogP contribution in [0, 0.1) is 4.77 Å². The molecule has 32 heavy (non-hydrogen) atoms. The molecule has 1 aromatic carbocycles. The Balaban J connectivity index is 1.34. The highest BCUT2D eigenvalue weighted by molar-refractivity contribution is 7.71. The number of carbonyl (C=O) groups is 1. The minimum absolute atomic E-state index is 0.120. The number of ether oxygens (including phenoxy) is 1. The summed E-state index contributed by atoms with van der Waals surface area (Å²) < 4.78 is 7.32. The summed E-state index contributed by atoms with van der Waals surface area (Å²) in [5.74, 6) is 0.881. The van der Waals surface area contributed by atoms with Gasteiger partial charge in [0, 0.05) is 29.9 Å². The molecule has 0 saturated heterocycles. The van der Waals surface area contributed by atoms with Crippen molar-refractivity contribution in [3.05, 3.63) is 33.3 Å². The molecule has 0 atom stereocenters. The van der Waals surface area contributed by atoms with Crippen molar-refractivity contribution < 1.29 is 9.53 Å². The summed E-state index contributed by atoms with van der Waals surface area (Å²) in [7, 11) is 1.62. The van der Waals surface area contributed by atoms with E-state index in [4.69, 9.17) is 17.0 Å². The molecule has 3 aromatic rings. The van der Waals surface area contributed by atoms with E-state index in [1.807, 2.05) is 18.2 Å². The van der Waals surface area contributed by atoms with Gasteiger partial charge in [-0.15, -0.1) is 0 Å². The van der Waals surface area contributed by atoms with Gasteiger partial charge in [0.1, 0.15) is 11.3 Å². The number of nitrogens with one attached hydrogen (secondary N) is 3. The lowest BCUT2D eigenvalue weighted by molar-refractivity contribution is -0.122. The lowest BCUT2D eigenvalue weighted by atomic mass is 10.1. The number of H-pyrrole nitrogens is 2. The van der Waals surface area contributed by atoms with E-state index >= 15 is 0 Å². The average Bonchev–Trinajstić information content (AvgIpc) is 2.95. The molecule has 1 aliphatic carbocycles. The molecule has 0 spiro atoms. The maximum Gasteiger partial charge on any atom is 0.278 e. The number of hydrogen-bond acceptors (Lipinski definition) is 4. The van der Waals surface area contributed by atoms with Gasteiger partial charge in [-0.3, -0.25) is 14.2 Å². The number of carbonyl (C=O) groups excluding carboxylic acids is 1. The highest BCUT2D eigenvalue weighted by Crippen LogP contribution is 2.26. The summed E-state index contributed by atoms with van der Waals surface area (Å²) in [6, 6.07) is 6.00. The first-order valence-corrected chi connectivity index (χ1v) is 12.1. The molecule has 172 valence electrons. The summed E-state index contributed by atoms with van der Waals surface area (Å²) in [6.07, 6.45) is 10.3.